The lowest BCUT2D eigenvalue weighted by molar-refractivity contribution is -0.145. The molecule has 3 fully saturated rings. The number of hydrogen-bond donors (Lipinski definition) is 1. The number of aliphatic carboxylic acids is 1. The van der Waals surface area contributed by atoms with Crippen LogP contribution in [0, 0.1) is 34.5 Å². The van der Waals surface area contributed by atoms with Crippen LogP contribution in [0.15, 0.2) is 4.99 Å². The highest BCUT2D eigenvalue weighted by Gasteiger charge is 2.55. The third-order valence-electron chi connectivity index (χ3n) is 10.1. The van der Waals surface area contributed by atoms with Crippen LogP contribution in [0.2, 0.25) is 0 Å². The second-order valence-electron chi connectivity index (χ2n) is 15.2. The maximum atomic E-state index is 14.4. The quantitative estimate of drug-likeness (QED) is 0.448. The number of carboxylic acid groups (broad SMARTS) is 1. The molecular weight excluding hydrogens is 462 g/mol. The Bertz CT molecular complexity index is 867. The molecule has 0 aromatic carbocycles. The number of carboxylic acids is 1. The van der Waals surface area contributed by atoms with Gasteiger partial charge in [-0.05, 0) is 99.2 Å². The molecule has 1 amide bonds. The van der Waals surface area contributed by atoms with Crippen molar-refractivity contribution in [1.29, 1.82) is 0 Å². The molecule has 0 bridgehead atoms. The fourth-order valence-corrected chi connectivity index (χ4v) is 7.59. The lowest BCUT2D eigenvalue weighted by Crippen LogP contribution is -2.57. The highest BCUT2D eigenvalue weighted by Crippen LogP contribution is 2.49. The number of aliphatic imine (C=N–C) groups is 1. The minimum Gasteiger partial charge on any atom is -0.481 e. The van der Waals surface area contributed by atoms with E-state index in [0.29, 0.717) is 17.8 Å². The minimum atomic E-state index is -0.660. The molecule has 2 heterocycles. The number of rotatable bonds is 5. The monoisotopic (exact) mass is 515 g/mol. The van der Waals surface area contributed by atoms with E-state index >= 15 is 0 Å². The van der Waals surface area contributed by atoms with E-state index in [9.17, 15) is 14.7 Å². The van der Waals surface area contributed by atoms with Crippen LogP contribution in [0.3, 0.4) is 0 Å². The van der Waals surface area contributed by atoms with Crippen LogP contribution in [0.1, 0.15) is 119 Å². The Kier molecular flexibility index (Phi) is 8.08. The fourth-order valence-electron chi connectivity index (χ4n) is 7.59. The summed E-state index contributed by atoms with van der Waals surface area (Å²) >= 11 is 0. The number of likely N-dealkylation sites (tertiary alicyclic amines) is 1. The number of amides is 1. The SMILES string of the molecule is CC1CCN(C2=NC3(CCC(C(C)(C)C)CC3)N([C@H](CCC(C)(C)C)C3CCC(C(=O)O)CC3)C2=O)C1. The summed E-state index contributed by atoms with van der Waals surface area (Å²) in [6.45, 7) is 18.0. The summed E-state index contributed by atoms with van der Waals surface area (Å²) in [5.41, 5.74) is 0.0312. The minimum absolute atomic E-state index is 0.133. The Hall–Kier alpha value is -1.59. The Morgan fingerprint density at radius 3 is 2.14 bits per heavy atom. The number of amidine groups is 1. The highest BCUT2D eigenvalue weighted by molar-refractivity contribution is 6.39. The Balaban J connectivity index is 1.66. The van der Waals surface area contributed by atoms with Gasteiger partial charge in [0.15, 0.2) is 5.84 Å². The van der Waals surface area contributed by atoms with E-state index in [-0.39, 0.29) is 28.7 Å². The standard InChI is InChI=1S/C31H53N3O3/c1-21-15-19-33(20-21)26-27(35)34(31(32-26)17-12-24(13-18-31)30(5,6)7)25(14-16-29(2,3)4)22-8-10-23(11-9-22)28(36)37/h21-25H,8-20H2,1-7H3,(H,36,37)/t21?,22?,23?,24?,25-,31?/m1/s1. The topological polar surface area (TPSA) is 73.2 Å². The zero-order valence-corrected chi connectivity index (χ0v) is 24.7. The maximum absolute atomic E-state index is 14.4. The van der Waals surface area contributed by atoms with Crippen LogP contribution >= 0.6 is 0 Å². The molecule has 1 spiro atoms. The van der Waals surface area contributed by atoms with Gasteiger partial charge in [0.05, 0.1) is 5.92 Å². The smallest absolute Gasteiger partial charge is 0.306 e. The van der Waals surface area contributed by atoms with Gasteiger partial charge in [0.2, 0.25) is 0 Å². The molecule has 6 nitrogen and oxygen atoms in total. The zero-order chi connectivity index (χ0) is 27.2. The molecule has 1 saturated heterocycles. The first kappa shape index (κ1) is 28.4. The van der Waals surface area contributed by atoms with Crippen LogP contribution in [0.4, 0.5) is 0 Å². The average molecular weight is 516 g/mol. The number of carbonyl (C=O) groups is 2. The van der Waals surface area contributed by atoms with Crippen molar-refractivity contribution in [3.63, 3.8) is 0 Å². The molecule has 0 aromatic rings. The van der Waals surface area contributed by atoms with E-state index in [2.05, 4.69) is 58.3 Å². The lowest BCUT2D eigenvalue weighted by Gasteiger charge is -2.50. The maximum Gasteiger partial charge on any atom is 0.306 e. The molecular formula is C31H53N3O3. The van der Waals surface area contributed by atoms with Crippen molar-refractivity contribution < 1.29 is 14.7 Å². The third kappa shape index (κ3) is 6.19. The van der Waals surface area contributed by atoms with Gasteiger partial charge in [0.25, 0.3) is 5.91 Å². The van der Waals surface area contributed by atoms with E-state index in [1.807, 2.05) is 0 Å². The molecule has 2 saturated carbocycles. The van der Waals surface area contributed by atoms with E-state index in [1.54, 1.807) is 0 Å². The van der Waals surface area contributed by atoms with Crippen LogP contribution < -0.4 is 0 Å². The molecule has 0 radical (unpaired) electrons. The molecule has 2 atom stereocenters. The summed E-state index contributed by atoms with van der Waals surface area (Å²) < 4.78 is 0. The van der Waals surface area contributed by atoms with Crippen LogP contribution in [-0.2, 0) is 9.59 Å². The van der Waals surface area contributed by atoms with Crippen molar-refractivity contribution in [2.75, 3.05) is 13.1 Å². The van der Waals surface area contributed by atoms with Crippen LogP contribution in [0.25, 0.3) is 0 Å². The Labute approximate surface area is 225 Å². The summed E-state index contributed by atoms with van der Waals surface area (Å²) in [4.78, 5) is 36.0. The third-order valence-corrected chi connectivity index (χ3v) is 10.1. The van der Waals surface area contributed by atoms with Gasteiger partial charge in [0, 0.05) is 19.1 Å². The summed E-state index contributed by atoms with van der Waals surface area (Å²) in [5, 5.41) is 9.60. The molecule has 1 N–H and O–H groups in total. The van der Waals surface area contributed by atoms with Gasteiger partial charge in [-0.3, -0.25) is 9.59 Å². The van der Waals surface area contributed by atoms with Gasteiger partial charge in [-0.15, -0.1) is 0 Å². The van der Waals surface area contributed by atoms with Crippen molar-refractivity contribution in [2.45, 2.75) is 131 Å². The molecule has 1 unspecified atom stereocenters. The zero-order valence-electron chi connectivity index (χ0n) is 24.7. The second-order valence-corrected chi connectivity index (χ2v) is 15.2. The van der Waals surface area contributed by atoms with Crippen molar-refractivity contribution >= 4 is 17.7 Å². The summed E-state index contributed by atoms with van der Waals surface area (Å²) in [7, 11) is 0. The van der Waals surface area contributed by atoms with E-state index in [1.165, 1.54) is 0 Å². The molecule has 2 aliphatic carbocycles. The molecule has 4 aliphatic rings. The average Bonchev–Trinajstić information content (AvgIpc) is 3.35. The molecule has 4 rings (SSSR count). The fraction of sp³-hybridized carbons (Fsp3) is 0.903. The van der Waals surface area contributed by atoms with Gasteiger partial charge in [-0.25, -0.2) is 4.99 Å². The van der Waals surface area contributed by atoms with E-state index in [0.717, 1.165) is 89.6 Å². The summed E-state index contributed by atoms with van der Waals surface area (Å²) in [6.07, 6.45) is 10.5. The summed E-state index contributed by atoms with van der Waals surface area (Å²) in [5.74, 6) is 1.59. The van der Waals surface area contributed by atoms with Crippen molar-refractivity contribution in [3.8, 4) is 0 Å². The first-order valence-corrected chi connectivity index (χ1v) is 15.1. The lowest BCUT2D eigenvalue weighted by atomic mass is 9.68. The van der Waals surface area contributed by atoms with Gasteiger partial charge in [-0.1, -0.05) is 48.5 Å². The van der Waals surface area contributed by atoms with Crippen molar-refractivity contribution in [3.05, 3.63) is 0 Å². The predicted octanol–water partition coefficient (Wildman–Crippen LogP) is 6.59. The Morgan fingerprint density at radius 2 is 1.65 bits per heavy atom. The first-order chi connectivity index (χ1) is 17.2. The normalized spacial score (nSPS) is 34.2. The highest BCUT2D eigenvalue weighted by atomic mass is 16.4. The van der Waals surface area contributed by atoms with E-state index in [4.69, 9.17) is 4.99 Å². The van der Waals surface area contributed by atoms with Gasteiger partial charge in [0.1, 0.15) is 5.66 Å². The molecule has 2 aliphatic heterocycles. The number of hydrogen-bond acceptors (Lipinski definition) is 4. The van der Waals surface area contributed by atoms with Crippen molar-refractivity contribution in [2.24, 2.45) is 39.5 Å². The van der Waals surface area contributed by atoms with E-state index < -0.39 is 11.6 Å². The van der Waals surface area contributed by atoms with Gasteiger partial charge in [-0.2, -0.15) is 0 Å². The van der Waals surface area contributed by atoms with Gasteiger partial charge < -0.3 is 14.9 Å². The van der Waals surface area contributed by atoms with Crippen LogP contribution in [0.5, 0.6) is 0 Å². The molecule has 6 heteroatoms. The first-order valence-electron chi connectivity index (χ1n) is 15.1. The van der Waals surface area contributed by atoms with Gasteiger partial charge >= 0.3 is 5.97 Å². The molecule has 0 aromatic heterocycles. The number of nitrogens with zero attached hydrogens (tertiary/aromatic N) is 3. The second kappa shape index (κ2) is 10.5. The van der Waals surface area contributed by atoms with Crippen molar-refractivity contribution in [1.82, 2.24) is 9.80 Å². The number of carbonyl (C=O) groups excluding carboxylic acids is 1. The predicted molar refractivity (Wildman–Crippen MR) is 149 cm³/mol. The molecule has 210 valence electrons. The molecule has 37 heavy (non-hydrogen) atoms. The Morgan fingerprint density at radius 1 is 1.03 bits per heavy atom. The largest absolute Gasteiger partial charge is 0.481 e. The van der Waals surface area contributed by atoms with Crippen LogP contribution in [-0.4, -0.2) is 57.4 Å². The summed E-state index contributed by atoms with van der Waals surface area (Å²) in [6, 6.07) is 0.133.